The Bertz CT molecular complexity index is 978. The number of benzene rings is 1. The normalized spacial score (nSPS) is 10.9. The van der Waals surface area contributed by atoms with Gasteiger partial charge in [-0.15, -0.1) is 11.3 Å². The molecule has 0 atom stereocenters. The molecule has 0 bridgehead atoms. The molecule has 0 aliphatic heterocycles. The second kappa shape index (κ2) is 6.02. The summed E-state index contributed by atoms with van der Waals surface area (Å²) in [6.45, 7) is 0. The van der Waals surface area contributed by atoms with E-state index in [0.717, 1.165) is 21.6 Å². The van der Waals surface area contributed by atoms with Crippen LogP contribution >= 0.6 is 11.3 Å². The van der Waals surface area contributed by atoms with E-state index in [1.165, 1.54) is 11.1 Å². The van der Waals surface area contributed by atoms with Gasteiger partial charge in [0.1, 0.15) is 10.6 Å². The van der Waals surface area contributed by atoms with Crippen LogP contribution in [0, 0.1) is 0 Å². The summed E-state index contributed by atoms with van der Waals surface area (Å²) >= 11 is 1.65. The number of fused-ring (bicyclic) bond motifs is 1. The fraction of sp³-hybridized carbons (Fsp3) is 0.105. The number of hydrogen-bond donors (Lipinski definition) is 0. The highest BCUT2D eigenvalue weighted by atomic mass is 32.1. The van der Waals surface area contributed by atoms with Gasteiger partial charge in [-0.25, -0.2) is 9.97 Å². The molecule has 4 nitrogen and oxygen atoms in total. The lowest BCUT2D eigenvalue weighted by molar-refractivity contribution is 1.07. The fourth-order valence-corrected chi connectivity index (χ4v) is 3.64. The van der Waals surface area contributed by atoms with Gasteiger partial charge in [-0.2, -0.15) is 0 Å². The molecule has 0 saturated heterocycles. The lowest BCUT2D eigenvalue weighted by atomic mass is 10.1. The standard InChI is InChI=1S/C19H16N4S/c1-23(2)18-16-15(13-7-4-3-5-8-13)12-24-19(16)22-17(21-18)14-9-6-10-20-11-14/h3-12H,1-2H3. The summed E-state index contributed by atoms with van der Waals surface area (Å²) in [4.78, 5) is 16.8. The topological polar surface area (TPSA) is 41.9 Å². The maximum atomic E-state index is 4.81. The van der Waals surface area contributed by atoms with Gasteiger partial charge in [-0.3, -0.25) is 4.98 Å². The Hall–Kier alpha value is -2.79. The first-order valence-corrected chi connectivity index (χ1v) is 8.54. The van der Waals surface area contributed by atoms with Gasteiger partial charge in [-0.1, -0.05) is 30.3 Å². The van der Waals surface area contributed by atoms with Crippen LogP contribution < -0.4 is 4.90 Å². The Morgan fingerprint density at radius 3 is 2.42 bits per heavy atom. The van der Waals surface area contributed by atoms with E-state index in [2.05, 4.69) is 34.6 Å². The number of rotatable bonds is 3. The van der Waals surface area contributed by atoms with Gasteiger partial charge in [-0.05, 0) is 17.7 Å². The van der Waals surface area contributed by atoms with Crippen molar-refractivity contribution in [1.29, 1.82) is 0 Å². The van der Waals surface area contributed by atoms with Crippen molar-refractivity contribution in [2.75, 3.05) is 19.0 Å². The van der Waals surface area contributed by atoms with E-state index >= 15 is 0 Å². The van der Waals surface area contributed by atoms with Crippen molar-refractivity contribution in [1.82, 2.24) is 15.0 Å². The fourth-order valence-electron chi connectivity index (χ4n) is 2.70. The zero-order chi connectivity index (χ0) is 16.5. The highest BCUT2D eigenvalue weighted by molar-refractivity contribution is 7.17. The Balaban J connectivity index is 1.98. The van der Waals surface area contributed by atoms with Crippen molar-refractivity contribution >= 4 is 27.4 Å². The maximum Gasteiger partial charge on any atom is 0.164 e. The maximum absolute atomic E-state index is 4.81. The molecule has 0 aliphatic carbocycles. The predicted octanol–water partition coefficient (Wildman–Crippen LogP) is 4.49. The van der Waals surface area contributed by atoms with Crippen LogP contribution in [0.25, 0.3) is 32.7 Å². The lowest BCUT2D eigenvalue weighted by Gasteiger charge is -2.15. The highest BCUT2D eigenvalue weighted by Crippen LogP contribution is 2.38. The van der Waals surface area contributed by atoms with Crippen LogP contribution in [0.4, 0.5) is 5.82 Å². The van der Waals surface area contributed by atoms with E-state index in [4.69, 9.17) is 9.97 Å². The van der Waals surface area contributed by atoms with Crippen molar-refractivity contribution in [2.45, 2.75) is 0 Å². The summed E-state index contributed by atoms with van der Waals surface area (Å²) in [5.41, 5.74) is 3.29. The van der Waals surface area contributed by atoms with Gasteiger partial charge in [0, 0.05) is 43.0 Å². The third kappa shape index (κ3) is 2.53. The number of hydrogen-bond acceptors (Lipinski definition) is 5. The summed E-state index contributed by atoms with van der Waals surface area (Å²) in [5.74, 6) is 1.64. The predicted molar refractivity (Wildman–Crippen MR) is 100 cm³/mol. The van der Waals surface area contributed by atoms with Gasteiger partial charge in [0.15, 0.2) is 5.82 Å². The third-order valence-electron chi connectivity index (χ3n) is 3.84. The minimum absolute atomic E-state index is 0.709. The number of thiophene rings is 1. The van der Waals surface area contributed by atoms with Crippen molar-refractivity contribution in [3.63, 3.8) is 0 Å². The largest absolute Gasteiger partial charge is 0.362 e. The summed E-state index contributed by atoms with van der Waals surface area (Å²) in [6, 6.07) is 14.3. The molecule has 3 heterocycles. The summed E-state index contributed by atoms with van der Waals surface area (Å²) < 4.78 is 0. The quantitative estimate of drug-likeness (QED) is 0.554. The average Bonchev–Trinajstić information content (AvgIpc) is 3.06. The van der Waals surface area contributed by atoms with Gasteiger partial charge >= 0.3 is 0 Å². The molecule has 0 fully saturated rings. The molecule has 4 aromatic rings. The molecule has 0 N–H and O–H groups in total. The van der Waals surface area contributed by atoms with E-state index in [0.29, 0.717) is 5.82 Å². The minimum Gasteiger partial charge on any atom is -0.362 e. The lowest BCUT2D eigenvalue weighted by Crippen LogP contribution is -2.12. The SMILES string of the molecule is CN(C)c1nc(-c2cccnc2)nc2scc(-c3ccccc3)c12. The van der Waals surface area contributed by atoms with Crippen LogP contribution in [-0.2, 0) is 0 Å². The molecule has 0 aliphatic rings. The summed E-state index contributed by atoms with van der Waals surface area (Å²) in [6.07, 6.45) is 3.56. The first kappa shape index (κ1) is 14.8. The highest BCUT2D eigenvalue weighted by Gasteiger charge is 2.17. The molecule has 5 heteroatoms. The smallest absolute Gasteiger partial charge is 0.164 e. The van der Waals surface area contributed by atoms with Crippen LogP contribution in [0.2, 0.25) is 0 Å². The van der Waals surface area contributed by atoms with Crippen LogP contribution in [0.1, 0.15) is 0 Å². The van der Waals surface area contributed by atoms with Crippen molar-refractivity contribution in [3.05, 3.63) is 60.2 Å². The van der Waals surface area contributed by atoms with Crippen molar-refractivity contribution < 1.29 is 0 Å². The Morgan fingerprint density at radius 1 is 0.917 bits per heavy atom. The van der Waals surface area contributed by atoms with Gasteiger partial charge in [0.25, 0.3) is 0 Å². The molecule has 4 rings (SSSR count). The second-order valence-electron chi connectivity index (χ2n) is 5.70. The van der Waals surface area contributed by atoms with Crippen LogP contribution in [0.3, 0.4) is 0 Å². The zero-order valence-corrected chi connectivity index (χ0v) is 14.3. The van der Waals surface area contributed by atoms with Crippen LogP contribution in [0.15, 0.2) is 60.2 Å². The first-order chi connectivity index (χ1) is 11.7. The number of anilines is 1. The molecular weight excluding hydrogens is 316 g/mol. The number of nitrogens with zero attached hydrogens (tertiary/aromatic N) is 4. The molecule has 3 aromatic heterocycles. The van der Waals surface area contributed by atoms with E-state index in [-0.39, 0.29) is 0 Å². The summed E-state index contributed by atoms with van der Waals surface area (Å²) in [5, 5.41) is 3.26. The second-order valence-corrected chi connectivity index (χ2v) is 6.56. The molecule has 0 amide bonds. The third-order valence-corrected chi connectivity index (χ3v) is 4.71. The Labute approximate surface area is 144 Å². The average molecular weight is 332 g/mol. The molecular formula is C19H16N4S. The molecule has 0 unspecified atom stereocenters. The Morgan fingerprint density at radius 2 is 1.71 bits per heavy atom. The van der Waals surface area contributed by atoms with E-state index in [1.54, 1.807) is 23.7 Å². The molecule has 0 saturated carbocycles. The van der Waals surface area contributed by atoms with E-state index in [1.807, 2.05) is 37.2 Å². The van der Waals surface area contributed by atoms with Gasteiger partial charge in [0.05, 0.1) is 5.39 Å². The molecule has 1 aromatic carbocycles. The first-order valence-electron chi connectivity index (χ1n) is 7.66. The molecule has 118 valence electrons. The minimum atomic E-state index is 0.709. The van der Waals surface area contributed by atoms with Gasteiger partial charge < -0.3 is 4.90 Å². The Kier molecular flexibility index (Phi) is 3.70. The molecule has 0 spiro atoms. The van der Waals surface area contributed by atoms with Crippen molar-refractivity contribution in [3.8, 4) is 22.5 Å². The van der Waals surface area contributed by atoms with Crippen LogP contribution in [-0.4, -0.2) is 29.0 Å². The van der Waals surface area contributed by atoms with Gasteiger partial charge in [0.2, 0.25) is 0 Å². The van der Waals surface area contributed by atoms with E-state index < -0.39 is 0 Å². The van der Waals surface area contributed by atoms with Crippen LogP contribution in [0.5, 0.6) is 0 Å². The molecule has 0 radical (unpaired) electrons. The zero-order valence-electron chi connectivity index (χ0n) is 13.5. The van der Waals surface area contributed by atoms with E-state index in [9.17, 15) is 0 Å². The number of pyridine rings is 1. The number of aromatic nitrogens is 3. The van der Waals surface area contributed by atoms with Crippen molar-refractivity contribution in [2.24, 2.45) is 0 Å². The summed E-state index contributed by atoms with van der Waals surface area (Å²) in [7, 11) is 4.03. The monoisotopic (exact) mass is 332 g/mol. The molecule has 24 heavy (non-hydrogen) atoms.